The van der Waals surface area contributed by atoms with Crippen molar-refractivity contribution in [3.8, 4) is 0 Å². The monoisotopic (exact) mass is 331 g/mol. The number of hydrogen-bond acceptors (Lipinski definition) is 2. The first-order valence-corrected chi connectivity index (χ1v) is 7.90. The molecular weight excluding hydrogens is 314 g/mol. The van der Waals surface area contributed by atoms with Crippen LogP contribution >= 0.6 is 23.8 Å². The lowest BCUT2D eigenvalue weighted by atomic mass is 10.1. The van der Waals surface area contributed by atoms with E-state index in [-0.39, 0.29) is 0 Å². The van der Waals surface area contributed by atoms with Gasteiger partial charge in [-0.15, -0.1) is 0 Å². The van der Waals surface area contributed by atoms with Crippen LogP contribution in [0.25, 0.3) is 0 Å². The van der Waals surface area contributed by atoms with Gasteiger partial charge in [0.05, 0.1) is 0 Å². The van der Waals surface area contributed by atoms with E-state index in [9.17, 15) is 0 Å². The molecule has 114 valence electrons. The number of hydrogen-bond donors (Lipinski definition) is 2. The first-order chi connectivity index (χ1) is 10.7. The van der Waals surface area contributed by atoms with Crippen LogP contribution in [0.3, 0.4) is 0 Å². The molecule has 0 radical (unpaired) electrons. The van der Waals surface area contributed by atoms with Crippen molar-refractivity contribution in [2.75, 3.05) is 5.32 Å². The van der Waals surface area contributed by atoms with Crippen LogP contribution < -0.4 is 10.7 Å². The molecule has 0 heterocycles. The molecule has 0 saturated heterocycles. The van der Waals surface area contributed by atoms with Gasteiger partial charge in [0.25, 0.3) is 0 Å². The lowest BCUT2D eigenvalue weighted by Crippen LogP contribution is -2.23. The van der Waals surface area contributed by atoms with Crippen LogP contribution in [0.2, 0.25) is 5.02 Å². The Morgan fingerprint density at radius 2 is 1.82 bits per heavy atom. The SMILES string of the molecule is S=C(NN=CCCCc1ccc(Cl)cc1)Nc1ccccc1. The number of nitrogens with one attached hydrogen (secondary N) is 2. The van der Waals surface area contributed by atoms with Crippen molar-refractivity contribution in [1.29, 1.82) is 0 Å². The molecule has 0 bridgehead atoms. The normalized spacial score (nSPS) is 10.6. The highest BCUT2D eigenvalue weighted by molar-refractivity contribution is 7.80. The maximum Gasteiger partial charge on any atom is 0.191 e. The number of nitrogens with zero attached hydrogens (tertiary/aromatic N) is 1. The van der Waals surface area contributed by atoms with Gasteiger partial charge in [-0.3, -0.25) is 5.43 Å². The maximum atomic E-state index is 5.85. The highest BCUT2D eigenvalue weighted by atomic mass is 35.5. The molecule has 0 fully saturated rings. The largest absolute Gasteiger partial charge is 0.331 e. The third-order valence-electron chi connectivity index (χ3n) is 3.00. The van der Waals surface area contributed by atoms with Gasteiger partial charge in [0.15, 0.2) is 5.11 Å². The van der Waals surface area contributed by atoms with Crippen molar-refractivity contribution in [3.63, 3.8) is 0 Å². The molecule has 2 rings (SSSR count). The number of unbranched alkanes of at least 4 members (excludes halogenated alkanes) is 1. The number of rotatable bonds is 6. The van der Waals surface area contributed by atoms with E-state index in [1.807, 2.05) is 48.7 Å². The van der Waals surface area contributed by atoms with Crippen molar-refractivity contribution in [3.05, 3.63) is 65.2 Å². The minimum atomic E-state index is 0.486. The van der Waals surface area contributed by atoms with E-state index in [0.717, 1.165) is 30.0 Å². The highest BCUT2D eigenvalue weighted by Crippen LogP contribution is 2.11. The first-order valence-electron chi connectivity index (χ1n) is 7.12. The van der Waals surface area contributed by atoms with Gasteiger partial charge in [0.2, 0.25) is 0 Å². The summed E-state index contributed by atoms with van der Waals surface area (Å²) in [4.78, 5) is 0. The van der Waals surface area contributed by atoms with E-state index in [0.29, 0.717) is 5.11 Å². The second-order valence-corrected chi connectivity index (χ2v) is 5.61. The van der Waals surface area contributed by atoms with Crippen LogP contribution in [0.1, 0.15) is 18.4 Å². The number of halogens is 1. The summed E-state index contributed by atoms with van der Waals surface area (Å²) in [6, 6.07) is 17.7. The number of benzene rings is 2. The van der Waals surface area contributed by atoms with Crippen LogP contribution in [0.4, 0.5) is 5.69 Å². The summed E-state index contributed by atoms with van der Waals surface area (Å²) >= 11 is 11.0. The highest BCUT2D eigenvalue weighted by Gasteiger charge is 1.95. The predicted molar refractivity (Wildman–Crippen MR) is 98.7 cm³/mol. The molecule has 0 atom stereocenters. The molecule has 0 saturated carbocycles. The second-order valence-electron chi connectivity index (χ2n) is 4.76. The third kappa shape index (κ3) is 6.24. The van der Waals surface area contributed by atoms with Gasteiger partial charge in [-0.25, -0.2) is 0 Å². The topological polar surface area (TPSA) is 36.4 Å². The Morgan fingerprint density at radius 1 is 1.09 bits per heavy atom. The van der Waals surface area contributed by atoms with Crippen LogP contribution in [0.5, 0.6) is 0 Å². The smallest absolute Gasteiger partial charge is 0.191 e. The van der Waals surface area contributed by atoms with E-state index in [2.05, 4.69) is 28.0 Å². The number of anilines is 1. The fourth-order valence-corrected chi connectivity index (χ4v) is 2.19. The van der Waals surface area contributed by atoms with Gasteiger partial charge in [-0.2, -0.15) is 5.10 Å². The van der Waals surface area contributed by atoms with E-state index >= 15 is 0 Å². The Balaban J connectivity index is 1.61. The summed E-state index contributed by atoms with van der Waals surface area (Å²) in [5.41, 5.74) is 5.04. The minimum Gasteiger partial charge on any atom is -0.331 e. The summed E-state index contributed by atoms with van der Waals surface area (Å²) in [5, 5.41) is 8.43. The quantitative estimate of drug-likeness (QED) is 0.350. The van der Waals surface area contributed by atoms with Crippen molar-refractivity contribution in [2.45, 2.75) is 19.3 Å². The molecular formula is C17H18ClN3S. The first kappa shape index (κ1) is 16.5. The molecule has 22 heavy (non-hydrogen) atoms. The number of thiocarbonyl (C=S) groups is 1. The Hall–Kier alpha value is -1.91. The van der Waals surface area contributed by atoms with Crippen molar-refractivity contribution in [2.24, 2.45) is 5.10 Å². The molecule has 5 heteroatoms. The number of aryl methyl sites for hydroxylation is 1. The molecule has 0 aromatic heterocycles. The molecule has 2 N–H and O–H groups in total. The molecule has 0 unspecified atom stereocenters. The standard InChI is InChI=1S/C17H18ClN3S/c18-15-11-9-14(10-12-15)6-4-5-13-19-21-17(22)20-16-7-2-1-3-8-16/h1-3,7-13H,4-6H2,(H2,20,21,22). The second kappa shape index (κ2) is 9.18. The summed E-state index contributed by atoms with van der Waals surface area (Å²) in [6.45, 7) is 0. The zero-order valence-electron chi connectivity index (χ0n) is 12.1. The minimum absolute atomic E-state index is 0.486. The lowest BCUT2D eigenvalue weighted by molar-refractivity contribution is 0.867. The molecule has 2 aromatic carbocycles. The summed E-state index contributed by atoms with van der Waals surface area (Å²) in [6.07, 6.45) is 4.78. The van der Waals surface area contributed by atoms with Gasteiger partial charge in [-0.1, -0.05) is 41.9 Å². The predicted octanol–water partition coefficient (Wildman–Crippen LogP) is 4.64. The summed E-state index contributed by atoms with van der Waals surface area (Å²) < 4.78 is 0. The van der Waals surface area contributed by atoms with Gasteiger partial charge in [0.1, 0.15) is 0 Å². The van der Waals surface area contributed by atoms with Crippen molar-refractivity contribution in [1.82, 2.24) is 5.43 Å². The fourth-order valence-electron chi connectivity index (χ4n) is 1.90. The van der Waals surface area contributed by atoms with E-state index in [1.54, 1.807) is 0 Å². The average Bonchev–Trinajstić information content (AvgIpc) is 2.53. The Morgan fingerprint density at radius 3 is 2.55 bits per heavy atom. The zero-order chi connectivity index (χ0) is 15.6. The lowest BCUT2D eigenvalue weighted by Gasteiger charge is -2.06. The average molecular weight is 332 g/mol. The molecule has 0 aliphatic carbocycles. The maximum absolute atomic E-state index is 5.85. The van der Waals surface area contributed by atoms with Crippen LogP contribution in [0.15, 0.2) is 59.7 Å². The van der Waals surface area contributed by atoms with Crippen LogP contribution in [-0.2, 0) is 6.42 Å². The molecule has 2 aromatic rings. The molecule has 3 nitrogen and oxygen atoms in total. The van der Waals surface area contributed by atoms with Gasteiger partial charge < -0.3 is 5.32 Å². The van der Waals surface area contributed by atoms with Gasteiger partial charge in [-0.05, 0) is 61.3 Å². The fraction of sp³-hybridized carbons (Fsp3) is 0.176. The molecule has 0 amide bonds. The van der Waals surface area contributed by atoms with Gasteiger partial charge in [0, 0.05) is 16.9 Å². The third-order valence-corrected chi connectivity index (χ3v) is 3.45. The Bertz CT molecular complexity index is 612. The summed E-state index contributed by atoms with van der Waals surface area (Å²) in [5.74, 6) is 0. The van der Waals surface area contributed by atoms with Crippen molar-refractivity contribution < 1.29 is 0 Å². The van der Waals surface area contributed by atoms with Crippen LogP contribution in [0, 0.1) is 0 Å². The zero-order valence-corrected chi connectivity index (χ0v) is 13.7. The number of hydrazone groups is 1. The molecule has 0 aliphatic rings. The van der Waals surface area contributed by atoms with E-state index < -0.39 is 0 Å². The van der Waals surface area contributed by atoms with Crippen LogP contribution in [-0.4, -0.2) is 11.3 Å². The van der Waals surface area contributed by atoms with E-state index in [1.165, 1.54) is 5.56 Å². The Kier molecular flexibility index (Phi) is 6.87. The van der Waals surface area contributed by atoms with Crippen molar-refractivity contribution >= 4 is 40.8 Å². The van der Waals surface area contributed by atoms with E-state index in [4.69, 9.17) is 23.8 Å². The Labute approximate surface area is 141 Å². The molecule has 0 aliphatic heterocycles. The summed E-state index contributed by atoms with van der Waals surface area (Å²) in [7, 11) is 0. The van der Waals surface area contributed by atoms with Gasteiger partial charge >= 0.3 is 0 Å². The number of para-hydroxylation sites is 1. The molecule has 0 spiro atoms.